The molecule has 31 heavy (non-hydrogen) atoms. The number of amides is 2. The number of carbonyl (C=O) groups is 2. The van der Waals surface area contributed by atoms with Gasteiger partial charge < -0.3 is 10.2 Å². The number of pyridine rings is 1. The predicted molar refractivity (Wildman–Crippen MR) is 115 cm³/mol. The first-order chi connectivity index (χ1) is 14.8. The SMILES string of the molecule is Cc1nc2cc(F)cc(C(=O)N3CCCC(C(=O)Nc4ccc(Cl)cn4)C3)c2nc1C. The maximum absolute atomic E-state index is 14.2. The highest BCUT2D eigenvalue weighted by Gasteiger charge is 2.30. The van der Waals surface area contributed by atoms with E-state index in [1.165, 1.54) is 18.3 Å². The second kappa shape index (κ2) is 8.55. The molecule has 3 aromatic rings. The van der Waals surface area contributed by atoms with Crippen molar-refractivity contribution in [2.45, 2.75) is 26.7 Å². The van der Waals surface area contributed by atoms with Gasteiger partial charge in [0.05, 0.1) is 33.4 Å². The number of aromatic nitrogens is 3. The summed E-state index contributed by atoms with van der Waals surface area (Å²) in [5.74, 6) is -1.12. The fourth-order valence-electron chi connectivity index (χ4n) is 3.68. The minimum atomic E-state index is -0.548. The van der Waals surface area contributed by atoms with Crippen molar-refractivity contribution in [3.8, 4) is 0 Å². The predicted octanol–water partition coefficient (Wildman–Crippen LogP) is 3.93. The van der Waals surface area contributed by atoms with Crippen molar-refractivity contribution < 1.29 is 14.0 Å². The molecule has 0 aliphatic carbocycles. The van der Waals surface area contributed by atoms with Gasteiger partial charge in [0.25, 0.3) is 5.91 Å². The first-order valence-electron chi connectivity index (χ1n) is 9.98. The summed E-state index contributed by atoms with van der Waals surface area (Å²) in [6.07, 6.45) is 2.76. The van der Waals surface area contributed by atoms with E-state index in [0.29, 0.717) is 52.6 Å². The van der Waals surface area contributed by atoms with Crippen LogP contribution < -0.4 is 5.32 Å². The summed E-state index contributed by atoms with van der Waals surface area (Å²) in [4.78, 5) is 40.5. The summed E-state index contributed by atoms with van der Waals surface area (Å²) in [5, 5.41) is 3.24. The number of halogens is 2. The summed E-state index contributed by atoms with van der Waals surface area (Å²) in [6, 6.07) is 5.72. The van der Waals surface area contributed by atoms with E-state index in [0.717, 1.165) is 0 Å². The molecule has 1 aliphatic rings. The van der Waals surface area contributed by atoms with E-state index < -0.39 is 11.7 Å². The average Bonchev–Trinajstić information content (AvgIpc) is 2.75. The van der Waals surface area contributed by atoms with Crippen molar-refractivity contribution in [2.75, 3.05) is 18.4 Å². The van der Waals surface area contributed by atoms with Gasteiger partial charge in [-0.05, 0) is 44.9 Å². The second-order valence-electron chi connectivity index (χ2n) is 7.66. The number of piperidine rings is 1. The summed E-state index contributed by atoms with van der Waals surface area (Å²) >= 11 is 5.82. The van der Waals surface area contributed by atoms with Gasteiger partial charge in [-0.15, -0.1) is 0 Å². The van der Waals surface area contributed by atoms with Gasteiger partial charge in [0.15, 0.2) is 0 Å². The van der Waals surface area contributed by atoms with Gasteiger partial charge in [0, 0.05) is 25.4 Å². The minimum absolute atomic E-state index is 0.158. The number of anilines is 1. The Balaban J connectivity index is 1.56. The van der Waals surface area contributed by atoms with E-state index in [9.17, 15) is 14.0 Å². The average molecular weight is 442 g/mol. The third-order valence-electron chi connectivity index (χ3n) is 5.43. The molecule has 9 heteroatoms. The van der Waals surface area contributed by atoms with Crippen molar-refractivity contribution in [1.82, 2.24) is 19.9 Å². The molecule has 0 radical (unpaired) electrons. The Morgan fingerprint density at radius 1 is 1.19 bits per heavy atom. The number of hydrogen-bond acceptors (Lipinski definition) is 5. The molecule has 7 nitrogen and oxygen atoms in total. The van der Waals surface area contributed by atoms with Crippen LogP contribution in [-0.4, -0.2) is 44.8 Å². The molecular weight excluding hydrogens is 421 g/mol. The number of likely N-dealkylation sites (tertiary alicyclic amines) is 1. The number of rotatable bonds is 3. The molecule has 2 amide bonds. The highest BCUT2D eigenvalue weighted by atomic mass is 35.5. The first kappa shape index (κ1) is 21.1. The number of nitrogens with zero attached hydrogens (tertiary/aromatic N) is 4. The van der Waals surface area contributed by atoms with Crippen LogP contribution in [0.1, 0.15) is 34.6 Å². The van der Waals surface area contributed by atoms with Gasteiger partial charge in [-0.25, -0.2) is 19.3 Å². The molecular formula is C22H21ClFN5O2. The summed E-state index contributed by atoms with van der Waals surface area (Å²) < 4.78 is 14.2. The molecule has 1 unspecified atom stereocenters. The van der Waals surface area contributed by atoms with Crippen LogP contribution in [0.25, 0.3) is 11.0 Å². The fraction of sp³-hybridized carbons (Fsp3) is 0.318. The Hall–Kier alpha value is -3.13. The number of carbonyl (C=O) groups excluding carboxylic acids is 2. The Morgan fingerprint density at radius 3 is 2.71 bits per heavy atom. The van der Waals surface area contributed by atoms with Crippen LogP contribution in [0, 0.1) is 25.6 Å². The molecule has 1 fully saturated rings. The lowest BCUT2D eigenvalue weighted by molar-refractivity contribution is -0.121. The quantitative estimate of drug-likeness (QED) is 0.665. The minimum Gasteiger partial charge on any atom is -0.338 e. The topological polar surface area (TPSA) is 88.1 Å². The zero-order valence-electron chi connectivity index (χ0n) is 17.2. The van der Waals surface area contributed by atoms with E-state index in [2.05, 4.69) is 20.3 Å². The number of fused-ring (bicyclic) bond motifs is 1. The van der Waals surface area contributed by atoms with E-state index in [4.69, 9.17) is 11.6 Å². The molecule has 4 rings (SSSR count). The van der Waals surface area contributed by atoms with Crippen molar-refractivity contribution >= 4 is 40.3 Å². The summed E-state index contributed by atoms with van der Waals surface area (Å²) in [6.45, 7) is 4.30. The molecule has 0 bridgehead atoms. The Bertz CT molecular complexity index is 1170. The molecule has 1 N–H and O–H groups in total. The number of hydrogen-bond donors (Lipinski definition) is 1. The van der Waals surface area contributed by atoms with Crippen LogP contribution in [-0.2, 0) is 4.79 Å². The molecule has 1 aliphatic heterocycles. The molecule has 1 saturated heterocycles. The van der Waals surface area contributed by atoms with Gasteiger partial charge >= 0.3 is 0 Å². The highest BCUT2D eigenvalue weighted by molar-refractivity contribution is 6.30. The zero-order valence-corrected chi connectivity index (χ0v) is 17.9. The van der Waals surface area contributed by atoms with Crippen LogP contribution in [0.4, 0.5) is 10.2 Å². The second-order valence-corrected chi connectivity index (χ2v) is 8.09. The normalized spacial score (nSPS) is 16.4. The van der Waals surface area contributed by atoms with Gasteiger partial charge in [-0.1, -0.05) is 11.6 Å². The first-order valence-corrected chi connectivity index (χ1v) is 10.4. The van der Waals surface area contributed by atoms with Crippen molar-refractivity contribution in [1.29, 1.82) is 0 Å². The van der Waals surface area contributed by atoms with Gasteiger partial charge in [-0.2, -0.15) is 0 Å². The van der Waals surface area contributed by atoms with E-state index in [1.54, 1.807) is 30.9 Å². The smallest absolute Gasteiger partial charge is 0.256 e. The standard InChI is InChI=1S/C22H21ClFN5O2/c1-12-13(2)27-20-17(8-16(24)9-18(20)26-12)22(31)29-7-3-4-14(11-29)21(30)28-19-6-5-15(23)10-25-19/h5-6,8-10,14H,3-4,7,11H2,1-2H3,(H,25,28,30). The molecule has 1 atom stereocenters. The molecule has 0 spiro atoms. The lowest BCUT2D eigenvalue weighted by Crippen LogP contribution is -2.44. The van der Waals surface area contributed by atoms with Gasteiger partial charge in [-0.3, -0.25) is 9.59 Å². The third-order valence-corrected chi connectivity index (χ3v) is 5.66. The molecule has 1 aromatic carbocycles. The van der Waals surface area contributed by atoms with Crippen LogP contribution in [0.3, 0.4) is 0 Å². The van der Waals surface area contributed by atoms with Crippen molar-refractivity contribution in [2.24, 2.45) is 5.92 Å². The van der Waals surface area contributed by atoms with E-state index >= 15 is 0 Å². The van der Waals surface area contributed by atoms with Crippen LogP contribution in [0.2, 0.25) is 5.02 Å². The zero-order chi connectivity index (χ0) is 22.1. The lowest BCUT2D eigenvalue weighted by atomic mass is 9.96. The van der Waals surface area contributed by atoms with Crippen LogP contribution in [0.15, 0.2) is 30.5 Å². The summed E-state index contributed by atoms with van der Waals surface area (Å²) in [7, 11) is 0. The molecule has 3 heterocycles. The third kappa shape index (κ3) is 4.49. The molecule has 0 saturated carbocycles. The van der Waals surface area contributed by atoms with Gasteiger partial charge in [0.1, 0.15) is 17.2 Å². The van der Waals surface area contributed by atoms with Crippen LogP contribution in [0.5, 0.6) is 0 Å². The van der Waals surface area contributed by atoms with Crippen molar-refractivity contribution in [3.63, 3.8) is 0 Å². The Labute approximate surface area is 183 Å². The maximum atomic E-state index is 14.2. The largest absolute Gasteiger partial charge is 0.338 e. The number of benzene rings is 1. The van der Waals surface area contributed by atoms with E-state index in [-0.39, 0.29) is 23.9 Å². The van der Waals surface area contributed by atoms with Gasteiger partial charge in [0.2, 0.25) is 5.91 Å². The monoisotopic (exact) mass is 441 g/mol. The maximum Gasteiger partial charge on any atom is 0.256 e. The Kier molecular flexibility index (Phi) is 5.82. The highest BCUT2D eigenvalue weighted by Crippen LogP contribution is 2.24. The Morgan fingerprint density at radius 2 is 1.97 bits per heavy atom. The van der Waals surface area contributed by atoms with E-state index in [1.807, 2.05) is 0 Å². The van der Waals surface area contributed by atoms with Crippen LogP contribution >= 0.6 is 11.6 Å². The molecule has 2 aromatic heterocycles. The lowest BCUT2D eigenvalue weighted by Gasteiger charge is -2.32. The number of aryl methyl sites for hydroxylation is 2. The summed E-state index contributed by atoms with van der Waals surface area (Å²) in [5.41, 5.74) is 2.23. The fourth-order valence-corrected chi connectivity index (χ4v) is 3.80. The van der Waals surface area contributed by atoms with Crippen molar-refractivity contribution in [3.05, 3.63) is 58.3 Å². The number of nitrogens with one attached hydrogen (secondary N) is 1. The molecule has 160 valence electrons.